The van der Waals surface area contributed by atoms with Gasteiger partial charge in [-0.05, 0) is 13.0 Å². The summed E-state index contributed by atoms with van der Waals surface area (Å²) >= 11 is 0. The standard InChI is InChI=1S/C10H10N2O4S/c1-3-9(13)16-17(14,15)10-7(2)8(6-11)4-5-12-10/h4-5H,3H2,1-2H3. The highest BCUT2D eigenvalue weighted by molar-refractivity contribution is 7.87. The molecule has 0 aliphatic heterocycles. The van der Waals surface area contributed by atoms with Gasteiger partial charge in [0.05, 0.1) is 11.6 Å². The van der Waals surface area contributed by atoms with Gasteiger partial charge in [0, 0.05) is 18.2 Å². The molecule has 1 aromatic rings. The number of hydrogen-bond acceptors (Lipinski definition) is 6. The second-order valence-corrected chi connectivity index (χ2v) is 4.63. The Morgan fingerprint density at radius 2 is 2.24 bits per heavy atom. The first kappa shape index (κ1) is 13.1. The smallest absolute Gasteiger partial charge is 0.341 e. The van der Waals surface area contributed by atoms with Crippen LogP contribution in [-0.2, 0) is 19.1 Å². The van der Waals surface area contributed by atoms with Gasteiger partial charge in [-0.1, -0.05) is 6.92 Å². The minimum absolute atomic E-state index is 0.0593. The van der Waals surface area contributed by atoms with Crippen LogP contribution in [0.25, 0.3) is 0 Å². The van der Waals surface area contributed by atoms with Gasteiger partial charge in [-0.15, -0.1) is 0 Å². The summed E-state index contributed by atoms with van der Waals surface area (Å²) in [5, 5.41) is 8.35. The number of carbonyl (C=O) groups excluding carboxylic acids is 1. The molecular formula is C10H10N2O4S. The summed E-state index contributed by atoms with van der Waals surface area (Å²) in [7, 11) is -4.25. The molecule has 0 spiro atoms. The zero-order valence-electron chi connectivity index (χ0n) is 9.30. The molecule has 0 amide bonds. The Bertz CT molecular complexity index is 587. The second kappa shape index (κ2) is 4.93. The molecule has 0 aliphatic rings. The Balaban J connectivity index is 3.26. The average molecular weight is 254 g/mol. The lowest BCUT2D eigenvalue weighted by atomic mass is 10.2. The molecule has 0 fully saturated rings. The minimum Gasteiger partial charge on any atom is -0.341 e. The van der Waals surface area contributed by atoms with Crippen LogP contribution < -0.4 is 0 Å². The van der Waals surface area contributed by atoms with Gasteiger partial charge in [-0.2, -0.15) is 13.7 Å². The molecule has 1 heterocycles. The Labute approximate surface area is 99.0 Å². The normalized spacial score (nSPS) is 10.6. The monoisotopic (exact) mass is 254 g/mol. The highest BCUT2D eigenvalue weighted by Gasteiger charge is 2.24. The molecule has 90 valence electrons. The van der Waals surface area contributed by atoms with E-state index in [9.17, 15) is 13.2 Å². The molecule has 1 rings (SSSR count). The Kier molecular flexibility index (Phi) is 3.81. The van der Waals surface area contributed by atoms with Crippen molar-refractivity contribution in [3.8, 4) is 6.07 Å². The van der Waals surface area contributed by atoms with Crippen LogP contribution in [0.15, 0.2) is 17.3 Å². The maximum absolute atomic E-state index is 11.7. The third kappa shape index (κ3) is 2.79. The van der Waals surface area contributed by atoms with E-state index in [-0.39, 0.29) is 17.5 Å². The Morgan fingerprint density at radius 1 is 1.59 bits per heavy atom. The van der Waals surface area contributed by atoms with E-state index >= 15 is 0 Å². The van der Waals surface area contributed by atoms with E-state index in [4.69, 9.17) is 5.26 Å². The first-order chi connectivity index (χ1) is 7.92. The molecule has 0 aromatic carbocycles. The van der Waals surface area contributed by atoms with Crippen LogP contribution in [0, 0.1) is 18.3 Å². The van der Waals surface area contributed by atoms with E-state index in [0.717, 1.165) is 0 Å². The van der Waals surface area contributed by atoms with Gasteiger partial charge in [0.15, 0.2) is 5.03 Å². The number of carbonyl (C=O) groups is 1. The molecule has 0 atom stereocenters. The molecular weight excluding hydrogens is 244 g/mol. The maximum Gasteiger partial charge on any atom is 0.359 e. The van der Waals surface area contributed by atoms with Crippen LogP contribution in [0.4, 0.5) is 0 Å². The van der Waals surface area contributed by atoms with Gasteiger partial charge in [0.2, 0.25) is 0 Å². The first-order valence-corrected chi connectivity index (χ1v) is 6.16. The third-order valence-corrected chi connectivity index (χ3v) is 3.30. The van der Waals surface area contributed by atoms with Gasteiger partial charge >= 0.3 is 16.1 Å². The van der Waals surface area contributed by atoms with Crippen LogP contribution in [-0.4, -0.2) is 19.4 Å². The maximum atomic E-state index is 11.7. The van der Waals surface area contributed by atoms with Crippen molar-refractivity contribution in [3.05, 3.63) is 23.4 Å². The number of rotatable bonds is 3. The van der Waals surface area contributed by atoms with Crippen molar-refractivity contribution in [3.63, 3.8) is 0 Å². The van der Waals surface area contributed by atoms with E-state index in [2.05, 4.69) is 9.17 Å². The topological polar surface area (TPSA) is 97.1 Å². The molecule has 7 heteroatoms. The molecule has 1 aromatic heterocycles. The predicted octanol–water partition coefficient (Wildman–Crippen LogP) is 0.904. The van der Waals surface area contributed by atoms with Crippen LogP contribution >= 0.6 is 0 Å². The minimum atomic E-state index is -4.25. The molecule has 6 nitrogen and oxygen atoms in total. The summed E-state index contributed by atoms with van der Waals surface area (Å²) in [5.74, 6) is -0.867. The quantitative estimate of drug-likeness (QED) is 0.743. The van der Waals surface area contributed by atoms with Crippen LogP contribution in [0.1, 0.15) is 24.5 Å². The van der Waals surface area contributed by atoms with E-state index in [1.165, 1.54) is 26.1 Å². The lowest BCUT2D eigenvalue weighted by molar-refractivity contribution is -0.133. The largest absolute Gasteiger partial charge is 0.359 e. The molecule has 0 N–H and O–H groups in total. The van der Waals surface area contributed by atoms with Crippen molar-refractivity contribution >= 4 is 16.1 Å². The average Bonchev–Trinajstić information content (AvgIpc) is 2.28. The SMILES string of the molecule is CCC(=O)OS(=O)(=O)c1nccc(C#N)c1C. The van der Waals surface area contributed by atoms with Gasteiger partial charge in [0.25, 0.3) is 0 Å². The van der Waals surface area contributed by atoms with Crippen molar-refractivity contribution < 1.29 is 17.4 Å². The third-order valence-electron chi connectivity index (χ3n) is 2.01. The summed E-state index contributed by atoms with van der Waals surface area (Å²) in [4.78, 5) is 14.6. The van der Waals surface area contributed by atoms with Gasteiger partial charge in [-0.25, -0.2) is 4.98 Å². The van der Waals surface area contributed by atoms with Crippen LogP contribution in [0.5, 0.6) is 0 Å². The highest BCUT2D eigenvalue weighted by atomic mass is 32.2. The molecule has 17 heavy (non-hydrogen) atoms. The number of aromatic nitrogens is 1. The van der Waals surface area contributed by atoms with Crippen molar-refractivity contribution in [2.24, 2.45) is 0 Å². The summed E-state index contributed by atoms with van der Waals surface area (Å²) in [5.41, 5.74) is 0.338. The van der Waals surface area contributed by atoms with E-state index in [1.54, 1.807) is 0 Å². The molecule has 0 aliphatic carbocycles. The summed E-state index contributed by atoms with van der Waals surface area (Å²) in [6.45, 7) is 2.90. The van der Waals surface area contributed by atoms with E-state index in [1.807, 2.05) is 6.07 Å². The fraction of sp³-hybridized carbons (Fsp3) is 0.300. The van der Waals surface area contributed by atoms with Gasteiger partial charge in [-0.3, -0.25) is 4.79 Å². The second-order valence-electron chi connectivity index (χ2n) is 3.16. The van der Waals surface area contributed by atoms with Crippen molar-refractivity contribution in [2.75, 3.05) is 0 Å². The molecule has 0 unspecified atom stereocenters. The van der Waals surface area contributed by atoms with Crippen LogP contribution in [0.3, 0.4) is 0 Å². The Morgan fingerprint density at radius 3 is 2.76 bits per heavy atom. The molecule has 0 radical (unpaired) electrons. The lowest BCUT2D eigenvalue weighted by Gasteiger charge is -2.06. The number of pyridine rings is 1. The zero-order chi connectivity index (χ0) is 13.1. The van der Waals surface area contributed by atoms with Crippen LogP contribution in [0.2, 0.25) is 0 Å². The van der Waals surface area contributed by atoms with Gasteiger partial charge < -0.3 is 4.18 Å². The predicted molar refractivity (Wildman–Crippen MR) is 57.3 cm³/mol. The Hall–Kier alpha value is -1.94. The zero-order valence-corrected chi connectivity index (χ0v) is 10.1. The van der Waals surface area contributed by atoms with E-state index in [0.29, 0.717) is 0 Å². The fourth-order valence-electron chi connectivity index (χ4n) is 1.11. The number of hydrogen-bond donors (Lipinski definition) is 0. The number of nitrogens with zero attached hydrogens (tertiary/aromatic N) is 2. The summed E-state index contributed by atoms with van der Waals surface area (Å²) < 4.78 is 27.7. The van der Waals surface area contributed by atoms with Gasteiger partial charge in [0.1, 0.15) is 0 Å². The van der Waals surface area contributed by atoms with E-state index < -0.39 is 21.1 Å². The number of nitriles is 1. The molecule has 0 bridgehead atoms. The summed E-state index contributed by atoms with van der Waals surface area (Å²) in [6.07, 6.45) is 1.12. The van der Waals surface area contributed by atoms with Crippen molar-refractivity contribution in [1.82, 2.24) is 4.98 Å². The summed E-state index contributed by atoms with van der Waals surface area (Å²) in [6, 6.07) is 3.22. The first-order valence-electron chi connectivity index (χ1n) is 4.75. The molecule has 0 saturated carbocycles. The molecule has 0 saturated heterocycles. The van der Waals surface area contributed by atoms with Crippen molar-refractivity contribution in [2.45, 2.75) is 25.3 Å². The highest BCUT2D eigenvalue weighted by Crippen LogP contribution is 2.17. The lowest BCUT2D eigenvalue weighted by Crippen LogP contribution is -2.15. The fourth-order valence-corrected chi connectivity index (χ4v) is 2.23. The van der Waals surface area contributed by atoms with Crippen molar-refractivity contribution in [1.29, 1.82) is 5.26 Å².